The molecule has 0 aliphatic carbocycles. The molecule has 2 aliphatic heterocycles. The SMILES string of the molecule is COC(=O)NC(C(=O)N1C(C)CCC1C(=O)Nc1ccc(CN(Cc2ccc(NC(=O)[C@@H]3CCC(C)N3C(=O)C(NC(=O)OC)C(C)(C)C)cc2)c2ccc(F)cc2)cc1)C(C)(C)C. The van der Waals surface area contributed by atoms with E-state index in [2.05, 4.69) is 26.2 Å². The van der Waals surface area contributed by atoms with Crippen LogP contribution in [0.5, 0.6) is 0 Å². The third-order valence-corrected chi connectivity index (χ3v) is 12.0. The number of nitrogens with one attached hydrogen (secondary N) is 4. The molecule has 2 saturated heterocycles. The Morgan fingerprint density at radius 3 is 1.30 bits per heavy atom. The topological polar surface area (TPSA) is 179 Å². The van der Waals surface area contributed by atoms with Crippen LogP contribution < -0.4 is 26.2 Å². The maximum atomic E-state index is 14.0. The Balaban J connectivity index is 1.25. The number of halogens is 1. The Hall–Kier alpha value is -6.19. The van der Waals surface area contributed by atoms with Gasteiger partial charge in [-0.2, -0.15) is 0 Å². The van der Waals surface area contributed by atoms with Gasteiger partial charge in [-0.1, -0.05) is 65.8 Å². The van der Waals surface area contributed by atoms with Crippen molar-refractivity contribution in [1.29, 1.82) is 0 Å². The summed E-state index contributed by atoms with van der Waals surface area (Å²) in [5.41, 5.74) is 2.44. The maximum Gasteiger partial charge on any atom is 0.407 e. The molecule has 2 fully saturated rings. The first-order chi connectivity index (χ1) is 30.1. The second kappa shape index (κ2) is 20.5. The van der Waals surface area contributed by atoms with E-state index in [0.717, 1.165) is 16.8 Å². The third-order valence-electron chi connectivity index (χ3n) is 12.0. The highest BCUT2D eigenvalue weighted by Crippen LogP contribution is 2.32. The van der Waals surface area contributed by atoms with Gasteiger partial charge in [0.1, 0.15) is 30.0 Å². The monoisotopic (exact) mass is 885 g/mol. The van der Waals surface area contributed by atoms with Gasteiger partial charge in [0.05, 0.1) is 14.2 Å². The Bertz CT molecular complexity index is 2010. The number of anilines is 3. The number of nitrogens with zero attached hydrogens (tertiary/aromatic N) is 3. The summed E-state index contributed by atoms with van der Waals surface area (Å²) in [5.74, 6) is -1.71. The van der Waals surface area contributed by atoms with Gasteiger partial charge in [0.15, 0.2) is 0 Å². The smallest absolute Gasteiger partial charge is 0.407 e. The lowest BCUT2D eigenvalue weighted by molar-refractivity contribution is -0.142. The van der Waals surface area contributed by atoms with Gasteiger partial charge in [-0.05, 0) is 110 Å². The molecule has 5 rings (SSSR count). The minimum Gasteiger partial charge on any atom is -0.453 e. The van der Waals surface area contributed by atoms with E-state index in [1.165, 1.54) is 26.4 Å². The van der Waals surface area contributed by atoms with Crippen LogP contribution in [-0.4, -0.2) is 96.1 Å². The molecular weight excluding hydrogens is 822 g/mol. The Labute approximate surface area is 375 Å². The van der Waals surface area contributed by atoms with Crippen molar-refractivity contribution in [3.63, 3.8) is 0 Å². The predicted octanol–water partition coefficient (Wildman–Crippen LogP) is 7.21. The van der Waals surface area contributed by atoms with Gasteiger partial charge in [-0.25, -0.2) is 14.0 Å². The zero-order valence-electron chi connectivity index (χ0n) is 38.6. The van der Waals surface area contributed by atoms with Gasteiger partial charge in [0, 0.05) is 42.2 Å². The second-order valence-corrected chi connectivity index (χ2v) is 19.0. The lowest BCUT2D eigenvalue weighted by atomic mass is 9.85. The van der Waals surface area contributed by atoms with Crippen molar-refractivity contribution in [3.8, 4) is 0 Å². The first-order valence-electron chi connectivity index (χ1n) is 21.7. The molecule has 346 valence electrons. The number of carbonyl (C=O) groups excluding carboxylic acids is 6. The van der Waals surface area contributed by atoms with Crippen molar-refractivity contribution in [2.45, 2.75) is 130 Å². The van der Waals surface area contributed by atoms with E-state index in [0.29, 0.717) is 50.1 Å². The molecule has 0 aromatic heterocycles. The molecule has 5 unspecified atom stereocenters. The normalized spacial score (nSPS) is 19.5. The van der Waals surface area contributed by atoms with Gasteiger partial charge in [0.2, 0.25) is 23.6 Å². The van der Waals surface area contributed by atoms with Crippen LogP contribution in [0.4, 0.5) is 31.0 Å². The summed E-state index contributed by atoms with van der Waals surface area (Å²) in [6.07, 6.45) is 0.764. The number of benzene rings is 3. The molecule has 15 nitrogen and oxygen atoms in total. The Kier molecular flexibility index (Phi) is 15.7. The van der Waals surface area contributed by atoms with Crippen LogP contribution in [0.3, 0.4) is 0 Å². The summed E-state index contributed by atoms with van der Waals surface area (Å²) in [7, 11) is 2.47. The fourth-order valence-electron chi connectivity index (χ4n) is 8.34. The van der Waals surface area contributed by atoms with Crippen molar-refractivity contribution in [3.05, 3.63) is 89.7 Å². The fraction of sp³-hybridized carbons (Fsp3) is 0.500. The van der Waals surface area contributed by atoms with Crippen LogP contribution in [0.15, 0.2) is 72.8 Å². The number of hydrogen-bond acceptors (Lipinski definition) is 9. The maximum absolute atomic E-state index is 14.0. The van der Waals surface area contributed by atoms with Crippen LogP contribution >= 0.6 is 0 Å². The van der Waals surface area contributed by atoms with Crippen LogP contribution in [0, 0.1) is 16.6 Å². The molecule has 0 bridgehead atoms. The minimum absolute atomic E-state index is 0.211. The molecule has 3 aromatic rings. The fourth-order valence-corrected chi connectivity index (χ4v) is 8.34. The largest absolute Gasteiger partial charge is 0.453 e. The van der Waals surface area contributed by atoms with Gasteiger partial charge in [0.25, 0.3) is 0 Å². The lowest BCUT2D eigenvalue weighted by Gasteiger charge is -2.36. The highest BCUT2D eigenvalue weighted by molar-refractivity contribution is 6.00. The molecule has 0 radical (unpaired) electrons. The van der Waals surface area contributed by atoms with Gasteiger partial charge in [-0.15, -0.1) is 0 Å². The molecule has 3 aromatic carbocycles. The molecule has 2 aliphatic rings. The molecule has 6 amide bonds. The van der Waals surface area contributed by atoms with Crippen molar-refractivity contribution in [1.82, 2.24) is 20.4 Å². The summed E-state index contributed by atoms with van der Waals surface area (Å²) in [5, 5.41) is 11.3. The average molecular weight is 886 g/mol. The molecular formula is C48H64FN7O8. The molecule has 64 heavy (non-hydrogen) atoms. The van der Waals surface area contributed by atoms with Crippen LogP contribution in [0.1, 0.15) is 92.2 Å². The number of hydrogen-bond donors (Lipinski definition) is 4. The van der Waals surface area contributed by atoms with Crippen LogP contribution in [0.2, 0.25) is 0 Å². The van der Waals surface area contributed by atoms with E-state index in [1.807, 2.05) is 79.7 Å². The standard InChI is InChI=1S/C48H64FN7O8/c1-29-11-25-37(55(29)43(59)39(47(3,4)5)52-45(61)63-9)41(57)50-34-19-13-31(14-20-34)27-54(36-23-17-33(49)18-24-36)28-32-15-21-35(22-16-32)51-42(58)38-26-12-30(2)56(38)44(60)40(48(6,7)8)53-46(62)64-10/h13-24,29-30,37-40H,11-12,25-28H2,1-10H3,(H,50,57)(H,51,58)(H,52,61)(H,53,62)/t29?,30?,37-,38?,39?,40?/m0/s1. The number of likely N-dealkylation sites (tertiary alicyclic amines) is 2. The first-order valence-corrected chi connectivity index (χ1v) is 21.7. The number of amides is 6. The third kappa shape index (κ3) is 12.1. The molecule has 0 saturated carbocycles. The van der Waals surface area contributed by atoms with Gasteiger partial charge in [-0.3, -0.25) is 19.2 Å². The highest BCUT2D eigenvalue weighted by atomic mass is 19.1. The Morgan fingerprint density at radius 1 is 0.609 bits per heavy atom. The number of methoxy groups -OCH3 is 2. The lowest BCUT2D eigenvalue weighted by Crippen LogP contribution is -2.58. The second-order valence-electron chi connectivity index (χ2n) is 19.0. The van der Waals surface area contributed by atoms with Gasteiger partial charge >= 0.3 is 12.2 Å². The number of alkyl carbamates (subject to hydrolysis) is 2. The minimum atomic E-state index is -0.902. The van der Waals surface area contributed by atoms with E-state index in [-0.39, 0.29) is 41.5 Å². The first kappa shape index (κ1) is 48.8. The molecule has 2 heterocycles. The number of ether oxygens (including phenoxy) is 2. The van der Waals surface area contributed by atoms with E-state index in [4.69, 9.17) is 9.47 Å². The Morgan fingerprint density at radius 2 is 0.969 bits per heavy atom. The van der Waals surface area contributed by atoms with E-state index >= 15 is 0 Å². The molecule has 16 heteroatoms. The molecule has 0 spiro atoms. The molecule has 6 atom stereocenters. The van der Waals surface area contributed by atoms with Gasteiger partial charge < -0.3 is 45.4 Å². The van der Waals surface area contributed by atoms with Crippen molar-refractivity contribution >= 4 is 52.9 Å². The highest BCUT2D eigenvalue weighted by Gasteiger charge is 2.46. The zero-order chi connectivity index (χ0) is 47.1. The summed E-state index contributed by atoms with van der Waals surface area (Å²) < 4.78 is 23.6. The van der Waals surface area contributed by atoms with E-state index in [9.17, 15) is 33.2 Å². The summed E-state index contributed by atoms with van der Waals surface area (Å²) >= 11 is 0. The van der Waals surface area contributed by atoms with Crippen molar-refractivity contribution < 1.29 is 42.6 Å². The number of carbonyl (C=O) groups is 6. The van der Waals surface area contributed by atoms with E-state index < -0.39 is 47.2 Å². The zero-order valence-corrected chi connectivity index (χ0v) is 38.6. The van der Waals surface area contributed by atoms with Crippen LogP contribution in [0.25, 0.3) is 0 Å². The summed E-state index contributed by atoms with van der Waals surface area (Å²) in [6, 6.07) is 17.3. The summed E-state index contributed by atoms with van der Waals surface area (Å²) in [4.78, 5) is 84.6. The predicted molar refractivity (Wildman–Crippen MR) is 243 cm³/mol. The quantitative estimate of drug-likeness (QED) is 0.138. The van der Waals surface area contributed by atoms with E-state index in [1.54, 1.807) is 46.2 Å². The van der Waals surface area contributed by atoms with Crippen LogP contribution in [-0.2, 0) is 41.7 Å². The average Bonchev–Trinajstić information content (AvgIpc) is 3.83. The summed E-state index contributed by atoms with van der Waals surface area (Å²) in [6.45, 7) is 15.7. The van der Waals surface area contributed by atoms with Crippen molar-refractivity contribution in [2.75, 3.05) is 29.8 Å². The van der Waals surface area contributed by atoms with Crippen molar-refractivity contribution in [2.24, 2.45) is 10.8 Å². The number of rotatable bonds is 13. The molecule has 4 N–H and O–H groups in total.